The summed E-state index contributed by atoms with van der Waals surface area (Å²) in [5, 5.41) is 0. The van der Waals surface area contributed by atoms with Crippen molar-refractivity contribution in [2.24, 2.45) is 11.7 Å². The maximum Gasteiger partial charge on any atom is 0.0450 e. The van der Waals surface area contributed by atoms with Gasteiger partial charge in [0.2, 0.25) is 0 Å². The van der Waals surface area contributed by atoms with Crippen LogP contribution in [0.4, 0.5) is 5.69 Å². The molecule has 0 amide bonds. The molecular formula is C15H25N3. The maximum absolute atomic E-state index is 5.92. The van der Waals surface area contributed by atoms with E-state index in [1.54, 1.807) is 0 Å². The predicted molar refractivity (Wildman–Crippen MR) is 76.8 cm³/mol. The van der Waals surface area contributed by atoms with Crippen molar-refractivity contribution in [2.75, 3.05) is 11.4 Å². The summed E-state index contributed by atoms with van der Waals surface area (Å²) in [7, 11) is 0. The number of rotatable bonds is 3. The third-order valence-electron chi connectivity index (χ3n) is 4.02. The highest BCUT2D eigenvalue weighted by Gasteiger charge is 2.29. The van der Waals surface area contributed by atoms with Crippen molar-refractivity contribution in [3.8, 4) is 0 Å². The normalized spacial score (nSPS) is 19.9. The van der Waals surface area contributed by atoms with Crippen LogP contribution in [0.25, 0.3) is 0 Å². The molecule has 0 saturated carbocycles. The minimum absolute atomic E-state index is 0.579. The number of anilines is 1. The molecule has 0 aromatic carbocycles. The van der Waals surface area contributed by atoms with Gasteiger partial charge in [-0.05, 0) is 38.7 Å². The average molecular weight is 247 g/mol. The van der Waals surface area contributed by atoms with Gasteiger partial charge in [0, 0.05) is 41.8 Å². The summed E-state index contributed by atoms with van der Waals surface area (Å²) in [5.74, 6) is 0.687. The summed E-state index contributed by atoms with van der Waals surface area (Å²) < 4.78 is 0. The van der Waals surface area contributed by atoms with E-state index in [0.717, 1.165) is 17.9 Å². The minimum Gasteiger partial charge on any atom is -0.368 e. The van der Waals surface area contributed by atoms with Gasteiger partial charge in [0.15, 0.2) is 0 Å². The van der Waals surface area contributed by atoms with Gasteiger partial charge in [-0.15, -0.1) is 0 Å². The monoisotopic (exact) mass is 247 g/mol. The molecule has 2 N–H and O–H groups in total. The van der Waals surface area contributed by atoms with E-state index < -0.39 is 0 Å². The molecule has 3 heteroatoms. The van der Waals surface area contributed by atoms with Crippen LogP contribution >= 0.6 is 0 Å². The molecule has 1 aliphatic rings. The molecule has 1 aromatic rings. The first kappa shape index (κ1) is 13.3. The summed E-state index contributed by atoms with van der Waals surface area (Å²) in [6.07, 6.45) is 2.58. The summed E-state index contributed by atoms with van der Waals surface area (Å²) in [4.78, 5) is 7.09. The third-order valence-corrected chi connectivity index (χ3v) is 4.02. The molecule has 0 spiro atoms. The SMILES string of the molecule is Cc1cc(N2CCCC2C(C)C)c(CN)c(C)n1. The highest BCUT2D eigenvalue weighted by Crippen LogP contribution is 2.33. The van der Waals surface area contributed by atoms with Crippen LogP contribution in [0.2, 0.25) is 0 Å². The summed E-state index contributed by atoms with van der Waals surface area (Å²) in [5.41, 5.74) is 10.6. The first-order valence-corrected chi connectivity index (χ1v) is 6.98. The Morgan fingerprint density at radius 1 is 1.44 bits per heavy atom. The lowest BCUT2D eigenvalue weighted by atomic mass is 10.0. The van der Waals surface area contributed by atoms with Gasteiger partial charge in [0.05, 0.1) is 0 Å². The minimum atomic E-state index is 0.579. The zero-order valence-electron chi connectivity index (χ0n) is 12.0. The van der Waals surface area contributed by atoms with E-state index in [1.807, 2.05) is 0 Å². The lowest BCUT2D eigenvalue weighted by Crippen LogP contribution is -2.34. The smallest absolute Gasteiger partial charge is 0.0450 e. The van der Waals surface area contributed by atoms with E-state index in [4.69, 9.17) is 5.73 Å². The number of hydrogen-bond acceptors (Lipinski definition) is 3. The van der Waals surface area contributed by atoms with Crippen molar-refractivity contribution < 1.29 is 0 Å². The molecule has 0 bridgehead atoms. The highest BCUT2D eigenvalue weighted by atomic mass is 15.2. The summed E-state index contributed by atoms with van der Waals surface area (Å²) in [6.45, 7) is 10.5. The Kier molecular flexibility index (Phi) is 3.91. The fourth-order valence-electron chi connectivity index (χ4n) is 3.13. The van der Waals surface area contributed by atoms with Gasteiger partial charge in [0.25, 0.3) is 0 Å². The van der Waals surface area contributed by atoms with Gasteiger partial charge in [-0.1, -0.05) is 13.8 Å². The molecule has 100 valence electrons. The largest absolute Gasteiger partial charge is 0.368 e. The molecule has 0 radical (unpaired) electrons. The molecule has 1 unspecified atom stereocenters. The number of hydrogen-bond donors (Lipinski definition) is 1. The second-order valence-electron chi connectivity index (χ2n) is 5.70. The molecule has 18 heavy (non-hydrogen) atoms. The van der Waals surface area contributed by atoms with E-state index in [-0.39, 0.29) is 0 Å². The summed E-state index contributed by atoms with van der Waals surface area (Å²) in [6, 6.07) is 2.85. The number of pyridine rings is 1. The van der Waals surface area contributed by atoms with E-state index in [9.17, 15) is 0 Å². The van der Waals surface area contributed by atoms with Gasteiger partial charge < -0.3 is 10.6 Å². The van der Waals surface area contributed by atoms with Crippen molar-refractivity contribution in [3.05, 3.63) is 23.0 Å². The second kappa shape index (κ2) is 5.27. The van der Waals surface area contributed by atoms with E-state index >= 15 is 0 Å². The number of nitrogens with two attached hydrogens (primary N) is 1. The van der Waals surface area contributed by atoms with Gasteiger partial charge in [-0.3, -0.25) is 4.98 Å². The Labute approximate surface area is 110 Å². The fraction of sp³-hybridized carbons (Fsp3) is 0.667. The molecule has 1 atom stereocenters. The molecule has 1 aromatic heterocycles. The van der Waals surface area contributed by atoms with Crippen LogP contribution in [-0.2, 0) is 6.54 Å². The van der Waals surface area contributed by atoms with Crippen molar-refractivity contribution >= 4 is 5.69 Å². The van der Waals surface area contributed by atoms with E-state index in [1.165, 1.54) is 24.1 Å². The Balaban J connectivity index is 2.43. The number of aryl methyl sites for hydroxylation is 2. The second-order valence-corrected chi connectivity index (χ2v) is 5.70. The number of aromatic nitrogens is 1. The first-order valence-electron chi connectivity index (χ1n) is 6.98. The van der Waals surface area contributed by atoms with Crippen molar-refractivity contribution in [3.63, 3.8) is 0 Å². The van der Waals surface area contributed by atoms with Gasteiger partial charge in [0.1, 0.15) is 0 Å². The molecular weight excluding hydrogens is 222 g/mol. The van der Waals surface area contributed by atoms with Crippen LogP contribution in [0.15, 0.2) is 6.07 Å². The van der Waals surface area contributed by atoms with Crippen LogP contribution in [-0.4, -0.2) is 17.6 Å². The quantitative estimate of drug-likeness (QED) is 0.893. The van der Waals surface area contributed by atoms with Crippen molar-refractivity contribution in [1.82, 2.24) is 4.98 Å². The third kappa shape index (κ3) is 2.37. The van der Waals surface area contributed by atoms with Crippen LogP contribution in [0.5, 0.6) is 0 Å². The van der Waals surface area contributed by atoms with Gasteiger partial charge in [-0.2, -0.15) is 0 Å². The fourth-order valence-corrected chi connectivity index (χ4v) is 3.13. The lowest BCUT2D eigenvalue weighted by molar-refractivity contribution is 0.491. The van der Waals surface area contributed by atoms with Gasteiger partial charge in [-0.25, -0.2) is 0 Å². The van der Waals surface area contributed by atoms with Crippen LogP contribution < -0.4 is 10.6 Å². The summed E-state index contributed by atoms with van der Waals surface area (Å²) >= 11 is 0. The van der Waals surface area contributed by atoms with E-state index in [2.05, 4.69) is 43.6 Å². The van der Waals surface area contributed by atoms with Crippen LogP contribution in [0.1, 0.15) is 43.6 Å². The predicted octanol–water partition coefficient (Wildman–Crippen LogP) is 2.78. The maximum atomic E-state index is 5.92. The molecule has 1 saturated heterocycles. The first-order chi connectivity index (χ1) is 8.54. The zero-order chi connectivity index (χ0) is 13.3. The Morgan fingerprint density at radius 2 is 2.17 bits per heavy atom. The van der Waals surface area contributed by atoms with Crippen molar-refractivity contribution in [2.45, 2.75) is 53.1 Å². The van der Waals surface area contributed by atoms with Crippen molar-refractivity contribution in [1.29, 1.82) is 0 Å². The standard InChI is InChI=1S/C15H25N3/c1-10(2)14-6-5-7-18(14)15-8-11(3)17-12(4)13(15)9-16/h8,10,14H,5-7,9,16H2,1-4H3. The molecule has 3 nitrogen and oxygen atoms in total. The Bertz CT molecular complexity index is 426. The van der Waals surface area contributed by atoms with Crippen LogP contribution in [0, 0.1) is 19.8 Å². The Hall–Kier alpha value is -1.09. The highest BCUT2D eigenvalue weighted by molar-refractivity contribution is 5.57. The van der Waals surface area contributed by atoms with Crippen LogP contribution in [0.3, 0.4) is 0 Å². The lowest BCUT2D eigenvalue weighted by Gasteiger charge is -2.32. The zero-order valence-corrected chi connectivity index (χ0v) is 12.0. The van der Waals surface area contributed by atoms with E-state index in [0.29, 0.717) is 18.5 Å². The van der Waals surface area contributed by atoms with Gasteiger partial charge >= 0.3 is 0 Å². The molecule has 0 aliphatic carbocycles. The molecule has 1 fully saturated rings. The molecule has 2 heterocycles. The topological polar surface area (TPSA) is 42.1 Å². The Morgan fingerprint density at radius 3 is 2.78 bits per heavy atom. The molecule has 1 aliphatic heterocycles. The molecule has 2 rings (SSSR count). The number of nitrogens with zero attached hydrogens (tertiary/aromatic N) is 2. The average Bonchev–Trinajstić information content (AvgIpc) is 2.76.